The molecule has 3 aliphatic rings. The number of benzene rings is 1. The van der Waals surface area contributed by atoms with E-state index in [1.54, 1.807) is 0 Å². The van der Waals surface area contributed by atoms with E-state index in [4.69, 9.17) is 0 Å². The highest BCUT2D eigenvalue weighted by Crippen LogP contribution is 2.49. The first-order valence-corrected chi connectivity index (χ1v) is 14.2. The Kier molecular flexibility index (Phi) is 16.4. The maximum absolute atomic E-state index is 12.1. The van der Waals surface area contributed by atoms with Gasteiger partial charge in [-0.1, -0.05) is 63.4 Å². The minimum Gasteiger partial charge on any atom is -0.375 e. The largest absolute Gasteiger partial charge is 0.375 e. The van der Waals surface area contributed by atoms with Gasteiger partial charge >= 0.3 is 0 Å². The molecule has 5 heteroatoms. The van der Waals surface area contributed by atoms with E-state index < -0.39 is 6.43 Å². The smallest absolute Gasteiger partial charge is 0.239 e. The van der Waals surface area contributed by atoms with Crippen molar-refractivity contribution in [1.29, 1.82) is 0 Å². The average molecular weight is 506 g/mol. The number of hydrogen-bond donors (Lipinski definition) is 0. The van der Waals surface area contributed by atoms with Crippen molar-refractivity contribution in [1.82, 2.24) is 14.7 Å². The van der Waals surface area contributed by atoms with Gasteiger partial charge in [0.25, 0.3) is 0 Å². The van der Waals surface area contributed by atoms with Crippen LogP contribution in [0.2, 0.25) is 0 Å². The van der Waals surface area contributed by atoms with Gasteiger partial charge in [0.15, 0.2) is 0 Å². The van der Waals surface area contributed by atoms with Crippen LogP contribution in [-0.2, 0) is 0 Å². The molecule has 2 saturated heterocycles. The second-order valence-electron chi connectivity index (χ2n) is 10.0. The Morgan fingerprint density at radius 3 is 1.94 bits per heavy atom. The number of hydrogen-bond acceptors (Lipinski definition) is 3. The van der Waals surface area contributed by atoms with E-state index in [0.29, 0.717) is 18.1 Å². The Balaban J connectivity index is 0.000000309. The van der Waals surface area contributed by atoms with Crippen LogP contribution < -0.4 is 0 Å². The Morgan fingerprint density at radius 1 is 0.944 bits per heavy atom. The lowest BCUT2D eigenvalue weighted by atomic mass is 10.1. The third kappa shape index (κ3) is 12.4. The maximum atomic E-state index is 12.1. The zero-order chi connectivity index (χ0) is 26.8. The van der Waals surface area contributed by atoms with Crippen LogP contribution in [0.5, 0.6) is 0 Å². The summed E-state index contributed by atoms with van der Waals surface area (Å²) in [7, 11) is 1.93. The first-order valence-electron chi connectivity index (χ1n) is 14.2. The molecule has 1 aromatic rings. The summed E-state index contributed by atoms with van der Waals surface area (Å²) in [6.07, 6.45) is 11.2. The zero-order valence-corrected chi connectivity index (χ0v) is 23.6. The van der Waals surface area contributed by atoms with E-state index in [0.717, 1.165) is 32.4 Å². The van der Waals surface area contributed by atoms with Crippen molar-refractivity contribution in [3.05, 3.63) is 61.5 Å². The Bertz CT molecular complexity index is 658. The van der Waals surface area contributed by atoms with Crippen LogP contribution in [0, 0.1) is 0 Å². The van der Waals surface area contributed by atoms with Gasteiger partial charge in [-0.2, -0.15) is 0 Å². The highest BCUT2D eigenvalue weighted by molar-refractivity contribution is 5.09. The van der Waals surface area contributed by atoms with E-state index >= 15 is 0 Å². The molecule has 0 N–H and O–H groups in total. The summed E-state index contributed by atoms with van der Waals surface area (Å²) in [4.78, 5) is 6.84. The van der Waals surface area contributed by atoms with Gasteiger partial charge in [0.1, 0.15) is 0 Å². The van der Waals surface area contributed by atoms with E-state index in [9.17, 15) is 8.78 Å². The molecule has 206 valence electrons. The number of rotatable bonds is 10. The van der Waals surface area contributed by atoms with Crippen LogP contribution in [0.4, 0.5) is 8.78 Å². The van der Waals surface area contributed by atoms with Crippen LogP contribution >= 0.6 is 0 Å². The highest BCUT2D eigenvalue weighted by atomic mass is 19.3. The van der Waals surface area contributed by atoms with Gasteiger partial charge in [0, 0.05) is 49.9 Å². The molecule has 4 rings (SSSR count). The summed E-state index contributed by atoms with van der Waals surface area (Å²) in [5.41, 5.74) is 1.88. The molecule has 36 heavy (non-hydrogen) atoms. The van der Waals surface area contributed by atoms with Gasteiger partial charge in [-0.3, -0.25) is 0 Å². The Morgan fingerprint density at radius 2 is 1.50 bits per heavy atom. The van der Waals surface area contributed by atoms with E-state index in [1.807, 2.05) is 68.4 Å². The summed E-state index contributed by atoms with van der Waals surface area (Å²) in [6, 6.07) is 12.4. The van der Waals surface area contributed by atoms with Crippen LogP contribution in [0.25, 0.3) is 0 Å². The Labute approximate surface area is 221 Å². The molecule has 1 aromatic carbocycles. The molecule has 0 bridgehead atoms. The van der Waals surface area contributed by atoms with Crippen molar-refractivity contribution in [3.63, 3.8) is 0 Å². The lowest BCUT2D eigenvalue weighted by Crippen LogP contribution is -2.31. The summed E-state index contributed by atoms with van der Waals surface area (Å²) in [5.74, 6) is 0. The van der Waals surface area contributed by atoms with Crippen LogP contribution in [0.15, 0.2) is 61.5 Å². The predicted molar refractivity (Wildman–Crippen MR) is 152 cm³/mol. The zero-order valence-electron chi connectivity index (χ0n) is 23.6. The van der Waals surface area contributed by atoms with E-state index in [2.05, 4.69) is 29.9 Å². The minimum atomic E-state index is -2.19. The van der Waals surface area contributed by atoms with Gasteiger partial charge in [0.05, 0.1) is 0 Å². The van der Waals surface area contributed by atoms with Gasteiger partial charge in [-0.15, -0.1) is 0 Å². The summed E-state index contributed by atoms with van der Waals surface area (Å²) < 4.78 is 24.3. The highest BCUT2D eigenvalue weighted by Gasteiger charge is 2.49. The molecule has 2 aliphatic heterocycles. The molecule has 1 saturated carbocycles. The van der Waals surface area contributed by atoms with Crippen molar-refractivity contribution in [2.75, 3.05) is 33.2 Å². The van der Waals surface area contributed by atoms with Gasteiger partial charge in [-0.25, -0.2) is 8.78 Å². The van der Waals surface area contributed by atoms with E-state index in [1.165, 1.54) is 50.8 Å². The fourth-order valence-corrected chi connectivity index (χ4v) is 4.85. The second kappa shape index (κ2) is 18.4. The molecule has 1 atom stereocenters. The van der Waals surface area contributed by atoms with Gasteiger partial charge in [-0.05, 0) is 78.0 Å². The lowest BCUT2D eigenvalue weighted by molar-refractivity contribution is 0.112. The number of likely N-dealkylation sites (tertiary alicyclic amines) is 2. The molecule has 1 unspecified atom stereocenters. The second-order valence-corrected chi connectivity index (χ2v) is 10.0. The van der Waals surface area contributed by atoms with Crippen molar-refractivity contribution >= 4 is 0 Å². The fraction of sp³-hybridized carbons (Fsp3) is 0.677. The van der Waals surface area contributed by atoms with Crippen molar-refractivity contribution in [3.8, 4) is 0 Å². The normalized spacial score (nSPS) is 18.0. The molecule has 3 nitrogen and oxygen atoms in total. The molecule has 0 radical (unpaired) electrons. The summed E-state index contributed by atoms with van der Waals surface area (Å²) >= 11 is 0. The van der Waals surface area contributed by atoms with Gasteiger partial charge < -0.3 is 14.7 Å². The monoisotopic (exact) mass is 505 g/mol. The molecule has 0 aromatic heterocycles. The fourth-order valence-electron chi connectivity index (χ4n) is 4.85. The van der Waals surface area contributed by atoms with Crippen molar-refractivity contribution in [2.24, 2.45) is 0 Å². The van der Waals surface area contributed by atoms with Crippen molar-refractivity contribution in [2.45, 2.75) is 103 Å². The molecule has 1 spiro atoms. The molecule has 3 fully saturated rings. The topological polar surface area (TPSA) is 9.72 Å². The molecule has 1 aliphatic carbocycles. The first kappa shape index (κ1) is 32.1. The summed E-state index contributed by atoms with van der Waals surface area (Å²) in [5, 5.41) is 0. The Hall–Kier alpha value is -1.88. The van der Waals surface area contributed by atoms with Crippen LogP contribution in [0.1, 0.15) is 85.0 Å². The first-order chi connectivity index (χ1) is 17.4. The van der Waals surface area contributed by atoms with Crippen LogP contribution in [0.3, 0.4) is 0 Å². The maximum Gasteiger partial charge on any atom is 0.239 e. The van der Waals surface area contributed by atoms with Crippen molar-refractivity contribution < 1.29 is 8.78 Å². The quantitative estimate of drug-likeness (QED) is 0.317. The molecular weight excluding hydrogens is 452 g/mol. The SMILES string of the molecule is C=C(CCCC(C)N(C)CCC(F)F)N1CCCC1.C=CN1CCCC12CC2.CC.c1ccccc1. The standard InChI is InChI=1S/C15H28F2N2.C8H13N.C6H6.C2H6/c1-13(18(3)12-9-15(16)17)7-6-8-14(2)19-10-4-5-11-19;1-2-9-7-3-4-8(9)5-6-8;1-2-4-6-5-3-1;1-2/h13,15H,2,4-12H2,1,3H3;2H,1,3-7H2;1-6H;1-2H3. The van der Waals surface area contributed by atoms with Crippen LogP contribution in [-0.4, -0.2) is 65.9 Å². The minimum absolute atomic E-state index is 0.0265. The molecule has 2 heterocycles. The molecular formula is C31H53F2N3. The number of nitrogens with zero attached hydrogens (tertiary/aromatic N) is 3. The van der Waals surface area contributed by atoms with E-state index in [-0.39, 0.29) is 6.42 Å². The number of halogens is 2. The number of alkyl halides is 2. The third-order valence-corrected chi connectivity index (χ3v) is 7.46. The predicted octanol–water partition coefficient (Wildman–Crippen LogP) is 8.21. The average Bonchev–Trinajstić information content (AvgIpc) is 3.29. The summed E-state index contributed by atoms with van der Waals surface area (Å²) in [6.45, 7) is 18.1. The molecule has 0 amide bonds. The van der Waals surface area contributed by atoms with Gasteiger partial charge in [0.2, 0.25) is 6.43 Å². The third-order valence-electron chi connectivity index (χ3n) is 7.46. The lowest BCUT2D eigenvalue weighted by Gasteiger charge is -2.25. The number of allylic oxidation sites excluding steroid dienone is 1.